The normalized spacial score (nSPS) is 10.4. The molecule has 0 aliphatic carbocycles. The topological polar surface area (TPSA) is 99.7 Å². The summed E-state index contributed by atoms with van der Waals surface area (Å²) < 4.78 is 0. The average Bonchev–Trinajstić information content (AvgIpc) is 2.03. The summed E-state index contributed by atoms with van der Waals surface area (Å²) in [6.07, 6.45) is 1.14. The summed E-state index contributed by atoms with van der Waals surface area (Å²) in [7, 11) is 1.30. The molecule has 7 nitrogen and oxygen atoms in total. The number of rotatable bonds is 2. The Bertz CT molecular complexity index is 390. The van der Waals surface area contributed by atoms with Crippen LogP contribution in [0, 0.1) is 0 Å². The highest BCUT2D eigenvalue weighted by atomic mass is 16.6. The van der Waals surface area contributed by atoms with E-state index >= 15 is 0 Å². The van der Waals surface area contributed by atoms with Crippen molar-refractivity contribution in [2.75, 3.05) is 7.11 Å². The van der Waals surface area contributed by atoms with Crippen LogP contribution in [0.15, 0.2) is 26.2 Å². The quantitative estimate of drug-likeness (QED) is 0.471. The minimum Gasteiger partial charge on any atom is -0.383 e. The smallest absolute Gasteiger partial charge is 0.325 e. The Morgan fingerprint density at radius 2 is 2.25 bits per heavy atom. The van der Waals surface area contributed by atoms with E-state index in [2.05, 4.69) is 20.2 Å². The first-order valence-corrected chi connectivity index (χ1v) is 3.00. The Morgan fingerprint density at radius 1 is 1.50 bits per heavy atom. The van der Waals surface area contributed by atoms with Crippen molar-refractivity contribution in [3.63, 3.8) is 0 Å². The van der Waals surface area contributed by atoms with Gasteiger partial charge in [0.2, 0.25) is 0 Å². The minimum absolute atomic E-state index is 0.0172. The fourth-order valence-electron chi connectivity index (χ4n) is 0.562. The van der Waals surface area contributed by atoms with Crippen molar-refractivity contribution in [1.82, 2.24) is 9.97 Å². The monoisotopic (exact) mass is 170 g/mol. The number of aromatic nitrogens is 2. The van der Waals surface area contributed by atoms with Gasteiger partial charge >= 0.3 is 5.69 Å². The molecule has 12 heavy (non-hydrogen) atoms. The third-order valence-electron chi connectivity index (χ3n) is 1.03. The maximum atomic E-state index is 10.9. The SMILES string of the molecule is CON=Nc1c[nH]c(=O)[nH]c1=O. The van der Waals surface area contributed by atoms with Crippen LogP contribution in [-0.4, -0.2) is 17.1 Å². The van der Waals surface area contributed by atoms with Crippen molar-refractivity contribution in [3.05, 3.63) is 27.0 Å². The van der Waals surface area contributed by atoms with Gasteiger partial charge in [0.1, 0.15) is 7.11 Å². The van der Waals surface area contributed by atoms with Gasteiger partial charge in [-0.05, 0) is 0 Å². The highest BCUT2D eigenvalue weighted by Crippen LogP contribution is 1.98. The van der Waals surface area contributed by atoms with Crippen LogP contribution >= 0.6 is 0 Å². The number of H-pyrrole nitrogens is 2. The lowest BCUT2D eigenvalue weighted by Crippen LogP contribution is -2.20. The van der Waals surface area contributed by atoms with Crippen LogP contribution in [-0.2, 0) is 4.84 Å². The molecular formula is C5H6N4O3. The average molecular weight is 170 g/mol. The molecule has 2 N–H and O–H groups in total. The summed E-state index contributed by atoms with van der Waals surface area (Å²) >= 11 is 0. The minimum atomic E-state index is -0.612. The molecule has 0 fully saturated rings. The largest absolute Gasteiger partial charge is 0.383 e. The van der Waals surface area contributed by atoms with Gasteiger partial charge < -0.3 is 9.82 Å². The van der Waals surface area contributed by atoms with E-state index in [-0.39, 0.29) is 5.69 Å². The molecule has 0 bridgehead atoms. The lowest BCUT2D eigenvalue weighted by molar-refractivity contribution is 0.190. The van der Waals surface area contributed by atoms with Crippen molar-refractivity contribution in [3.8, 4) is 0 Å². The van der Waals surface area contributed by atoms with Gasteiger partial charge in [-0.1, -0.05) is 0 Å². The molecule has 0 radical (unpaired) electrons. The zero-order valence-electron chi connectivity index (χ0n) is 6.20. The van der Waals surface area contributed by atoms with Crippen LogP contribution in [0.1, 0.15) is 0 Å². The predicted molar refractivity (Wildman–Crippen MR) is 39.2 cm³/mol. The van der Waals surface area contributed by atoms with Crippen LogP contribution in [0.4, 0.5) is 5.69 Å². The summed E-state index contributed by atoms with van der Waals surface area (Å²) in [5, 5.41) is 6.47. The molecule has 0 atom stereocenters. The standard InChI is InChI=1S/C5H6N4O3/c1-12-9-8-3-2-6-5(11)7-4(3)10/h2H,1H3,(H2,6,7,10,11). The number of aromatic amines is 2. The summed E-state index contributed by atoms with van der Waals surface area (Å²) in [6.45, 7) is 0. The van der Waals surface area contributed by atoms with Gasteiger partial charge in [0, 0.05) is 11.5 Å². The molecule has 0 saturated heterocycles. The van der Waals surface area contributed by atoms with Gasteiger partial charge in [-0.2, -0.15) is 0 Å². The van der Waals surface area contributed by atoms with E-state index in [9.17, 15) is 9.59 Å². The maximum absolute atomic E-state index is 10.9. The summed E-state index contributed by atoms with van der Waals surface area (Å²) in [5.41, 5.74) is -1.22. The second-order valence-electron chi connectivity index (χ2n) is 1.82. The van der Waals surface area contributed by atoms with Gasteiger partial charge in [0.15, 0.2) is 5.69 Å². The second kappa shape index (κ2) is 3.46. The lowest BCUT2D eigenvalue weighted by Gasteiger charge is -1.87. The zero-order valence-corrected chi connectivity index (χ0v) is 6.20. The van der Waals surface area contributed by atoms with Gasteiger partial charge in [0.25, 0.3) is 5.56 Å². The van der Waals surface area contributed by atoms with Gasteiger partial charge in [-0.3, -0.25) is 9.78 Å². The van der Waals surface area contributed by atoms with E-state index in [0.29, 0.717) is 0 Å². The highest BCUT2D eigenvalue weighted by Gasteiger charge is 1.96. The highest BCUT2D eigenvalue weighted by molar-refractivity contribution is 5.27. The molecule has 0 amide bonds. The fraction of sp³-hybridized carbons (Fsp3) is 0.200. The first-order chi connectivity index (χ1) is 5.74. The Morgan fingerprint density at radius 3 is 2.83 bits per heavy atom. The molecule has 0 spiro atoms. The van der Waals surface area contributed by atoms with Crippen molar-refractivity contribution in [2.45, 2.75) is 0 Å². The van der Waals surface area contributed by atoms with E-state index < -0.39 is 11.2 Å². The Balaban J connectivity index is 3.11. The molecular weight excluding hydrogens is 164 g/mol. The van der Waals surface area contributed by atoms with Crippen molar-refractivity contribution < 1.29 is 4.84 Å². The first-order valence-electron chi connectivity index (χ1n) is 3.00. The summed E-state index contributed by atoms with van der Waals surface area (Å²) in [6, 6.07) is 0. The van der Waals surface area contributed by atoms with Gasteiger partial charge in [0.05, 0.1) is 0 Å². The second-order valence-corrected chi connectivity index (χ2v) is 1.82. The van der Waals surface area contributed by atoms with E-state index in [4.69, 9.17) is 0 Å². The molecule has 64 valence electrons. The molecule has 0 aromatic carbocycles. The molecule has 1 aromatic heterocycles. The van der Waals surface area contributed by atoms with Gasteiger partial charge in [-0.25, -0.2) is 4.79 Å². The lowest BCUT2D eigenvalue weighted by atomic mass is 10.5. The molecule has 0 unspecified atom stereocenters. The molecule has 0 aliphatic rings. The van der Waals surface area contributed by atoms with Crippen molar-refractivity contribution >= 4 is 5.69 Å². The maximum Gasteiger partial charge on any atom is 0.325 e. The van der Waals surface area contributed by atoms with Crippen LogP contribution in [0.25, 0.3) is 0 Å². The number of nitrogens with zero attached hydrogens (tertiary/aromatic N) is 2. The van der Waals surface area contributed by atoms with E-state index in [1.54, 1.807) is 0 Å². The molecule has 1 heterocycles. The summed E-state index contributed by atoms with van der Waals surface area (Å²) in [4.78, 5) is 29.8. The summed E-state index contributed by atoms with van der Waals surface area (Å²) in [5.74, 6) is 0. The molecule has 1 aromatic rings. The molecule has 0 saturated carbocycles. The number of hydrogen-bond donors (Lipinski definition) is 2. The fourth-order valence-corrected chi connectivity index (χ4v) is 0.562. The van der Waals surface area contributed by atoms with Crippen molar-refractivity contribution in [1.29, 1.82) is 0 Å². The van der Waals surface area contributed by atoms with Crippen LogP contribution in [0.5, 0.6) is 0 Å². The Hall–Kier alpha value is -1.92. The first kappa shape index (κ1) is 8.18. The Labute approximate surface area is 66.1 Å². The van der Waals surface area contributed by atoms with E-state index in [0.717, 1.165) is 6.20 Å². The van der Waals surface area contributed by atoms with E-state index in [1.165, 1.54) is 7.11 Å². The van der Waals surface area contributed by atoms with Crippen LogP contribution in [0.3, 0.4) is 0 Å². The van der Waals surface area contributed by atoms with Crippen molar-refractivity contribution in [2.24, 2.45) is 10.4 Å². The third kappa shape index (κ3) is 1.78. The van der Waals surface area contributed by atoms with Gasteiger partial charge in [-0.15, -0.1) is 5.11 Å². The number of hydrogen-bond acceptors (Lipinski definition) is 5. The molecule has 0 aliphatic heterocycles. The molecule has 7 heteroatoms. The predicted octanol–water partition coefficient (Wildman–Crippen LogP) is -0.292. The van der Waals surface area contributed by atoms with Crippen LogP contribution < -0.4 is 11.2 Å². The zero-order chi connectivity index (χ0) is 8.97. The Kier molecular flexibility index (Phi) is 2.36. The van der Waals surface area contributed by atoms with E-state index in [1.807, 2.05) is 4.98 Å². The number of nitrogens with one attached hydrogen (secondary N) is 2. The third-order valence-corrected chi connectivity index (χ3v) is 1.03. The molecule has 1 rings (SSSR count). The van der Waals surface area contributed by atoms with Crippen LogP contribution in [0.2, 0.25) is 0 Å².